The van der Waals surface area contributed by atoms with Crippen LogP contribution in [0.4, 0.5) is 4.79 Å². The number of rotatable bonds is 2. The largest absolute Gasteiger partial charge is 0.444 e. The molecule has 1 aliphatic heterocycles. The predicted octanol–water partition coefficient (Wildman–Crippen LogP) is 7.27. The molecule has 1 aromatic heterocycles. The summed E-state index contributed by atoms with van der Waals surface area (Å²) in [5, 5.41) is 3.40. The molecule has 1 saturated heterocycles. The monoisotopic (exact) mass is 454 g/mol. The first-order chi connectivity index (χ1) is 14.9. The zero-order valence-electron chi connectivity index (χ0n) is 20.7. The van der Waals surface area contributed by atoms with Gasteiger partial charge in [-0.3, -0.25) is 0 Å². The molecule has 1 fully saturated rings. The van der Waals surface area contributed by atoms with Gasteiger partial charge in [-0.05, 0) is 74.5 Å². The smallest absolute Gasteiger partial charge is 0.410 e. The standard InChI is InChI=1S/C27H38N2O2S/c1-25(2,3)31-24(30)29-14-10-18(11-15-29)23-28-22(17-32-23)19-8-9-20-21(16-19)27(6,7)13-12-26(20,4)5/h8-9,16-18H,10-15H2,1-7H3. The summed E-state index contributed by atoms with van der Waals surface area (Å²) in [6.45, 7) is 16.7. The molecule has 1 aliphatic carbocycles. The molecule has 0 unspecified atom stereocenters. The van der Waals surface area contributed by atoms with Gasteiger partial charge in [-0.2, -0.15) is 0 Å². The normalized spacial score (nSPS) is 20.7. The Labute approximate surface area is 197 Å². The molecule has 174 valence electrons. The van der Waals surface area contributed by atoms with Crippen molar-refractivity contribution in [3.8, 4) is 11.3 Å². The Balaban J connectivity index is 1.48. The molecule has 2 heterocycles. The molecule has 0 N–H and O–H groups in total. The third kappa shape index (κ3) is 4.73. The fourth-order valence-corrected chi connectivity index (χ4v) is 5.99. The second kappa shape index (κ2) is 8.16. The summed E-state index contributed by atoms with van der Waals surface area (Å²) < 4.78 is 5.53. The molecule has 2 aromatic rings. The number of benzene rings is 1. The fraction of sp³-hybridized carbons (Fsp3) is 0.630. The number of piperidine rings is 1. The Bertz CT molecular complexity index is 991. The van der Waals surface area contributed by atoms with Crippen molar-refractivity contribution in [2.75, 3.05) is 13.1 Å². The maximum Gasteiger partial charge on any atom is 0.410 e. The van der Waals surface area contributed by atoms with E-state index in [9.17, 15) is 4.79 Å². The zero-order chi connectivity index (χ0) is 23.3. The van der Waals surface area contributed by atoms with Crippen molar-refractivity contribution in [3.63, 3.8) is 0 Å². The van der Waals surface area contributed by atoms with Crippen LogP contribution in [0, 0.1) is 0 Å². The van der Waals surface area contributed by atoms with Crippen molar-refractivity contribution >= 4 is 17.4 Å². The van der Waals surface area contributed by atoms with Crippen LogP contribution in [0.1, 0.15) is 96.2 Å². The van der Waals surface area contributed by atoms with E-state index in [0.29, 0.717) is 5.92 Å². The minimum absolute atomic E-state index is 0.199. The van der Waals surface area contributed by atoms with E-state index in [4.69, 9.17) is 9.72 Å². The van der Waals surface area contributed by atoms with E-state index < -0.39 is 5.60 Å². The second-order valence-electron chi connectivity index (χ2n) is 11.8. The lowest BCUT2D eigenvalue weighted by molar-refractivity contribution is 0.0205. The number of nitrogens with zero attached hydrogens (tertiary/aromatic N) is 2. The molecule has 32 heavy (non-hydrogen) atoms. The van der Waals surface area contributed by atoms with Crippen LogP contribution in [0.25, 0.3) is 11.3 Å². The maximum atomic E-state index is 12.4. The number of aromatic nitrogens is 1. The molecule has 4 nitrogen and oxygen atoms in total. The molecule has 0 bridgehead atoms. The van der Waals surface area contributed by atoms with E-state index in [1.165, 1.54) is 34.5 Å². The van der Waals surface area contributed by atoms with E-state index in [1.807, 2.05) is 25.7 Å². The summed E-state index contributed by atoms with van der Waals surface area (Å²) >= 11 is 1.76. The van der Waals surface area contributed by atoms with Gasteiger partial charge in [0.25, 0.3) is 0 Å². The lowest BCUT2D eigenvalue weighted by Crippen LogP contribution is -2.41. The highest BCUT2D eigenvalue weighted by Crippen LogP contribution is 2.47. The van der Waals surface area contributed by atoms with Crippen LogP contribution in [0.5, 0.6) is 0 Å². The third-order valence-corrected chi connectivity index (χ3v) is 8.17. The van der Waals surface area contributed by atoms with Gasteiger partial charge in [-0.25, -0.2) is 9.78 Å². The summed E-state index contributed by atoms with van der Waals surface area (Å²) in [6.07, 6.45) is 4.13. The van der Waals surface area contributed by atoms with E-state index in [0.717, 1.165) is 31.6 Å². The summed E-state index contributed by atoms with van der Waals surface area (Å²) in [5.41, 5.74) is 5.27. The molecule has 0 atom stereocenters. The van der Waals surface area contributed by atoms with Gasteiger partial charge < -0.3 is 9.64 Å². The van der Waals surface area contributed by atoms with E-state index in [1.54, 1.807) is 11.3 Å². The first-order valence-electron chi connectivity index (χ1n) is 11.9. The molecular formula is C27H38N2O2S. The first kappa shape index (κ1) is 23.3. The number of thiazole rings is 1. The van der Waals surface area contributed by atoms with E-state index in [2.05, 4.69) is 51.3 Å². The number of ether oxygens (including phenoxy) is 1. The van der Waals surface area contributed by atoms with Crippen molar-refractivity contribution in [1.82, 2.24) is 9.88 Å². The molecule has 5 heteroatoms. The van der Waals surface area contributed by atoms with Gasteiger partial charge in [0.15, 0.2) is 0 Å². The molecule has 0 saturated carbocycles. The van der Waals surface area contributed by atoms with Gasteiger partial charge in [0, 0.05) is 30.0 Å². The molecule has 0 radical (unpaired) electrons. The van der Waals surface area contributed by atoms with Crippen molar-refractivity contribution in [2.45, 2.75) is 96.5 Å². The van der Waals surface area contributed by atoms with E-state index in [-0.39, 0.29) is 16.9 Å². The number of likely N-dealkylation sites (tertiary alicyclic amines) is 1. The molecular weight excluding hydrogens is 416 g/mol. The number of carbonyl (C=O) groups is 1. The second-order valence-corrected chi connectivity index (χ2v) is 12.7. The van der Waals surface area contributed by atoms with Gasteiger partial charge in [0.2, 0.25) is 0 Å². The number of hydrogen-bond donors (Lipinski definition) is 0. The van der Waals surface area contributed by atoms with E-state index >= 15 is 0 Å². The van der Waals surface area contributed by atoms with Gasteiger partial charge in [0.1, 0.15) is 5.60 Å². The van der Waals surface area contributed by atoms with Crippen molar-refractivity contribution in [3.05, 3.63) is 39.7 Å². The Kier molecular flexibility index (Phi) is 5.94. The Morgan fingerprint density at radius 3 is 2.31 bits per heavy atom. The van der Waals surface area contributed by atoms with Crippen LogP contribution in [0.2, 0.25) is 0 Å². The molecule has 1 amide bonds. The molecule has 1 aromatic carbocycles. The van der Waals surface area contributed by atoms with Gasteiger partial charge in [-0.1, -0.05) is 39.8 Å². The van der Waals surface area contributed by atoms with Crippen LogP contribution < -0.4 is 0 Å². The summed E-state index contributed by atoms with van der Waals surface area (Å²) in [5.74, 6) is 0.417. The van der Waals surface area contributed by atoms with Crippen molar-refractivity contribution in [2.24, 2.45) is 0 Å². The average molecular weight is 455 g/mol. The number of hydrogen-bond acceptors (Lipinski definition) is 4. The summed E-state index contributed by atoms with van der Waals surface area (Å²) in [7, 11) is 0. The quantitative estimate of drug-likeness (QED) is 0.479. The molecule has 4 rings (SSSR count). The highest BCUT2D eigenvalue weighted by Gasteiger charge is 2.37. The topological polar surface area (TPSA) is 42.4 Å². The zero-order valence-corrected chi connectivity index (χ0v) is 21.6. The maximum absolute atomic E-state index is 12.4. The predicted molar refractivity (Wildman–Crippen MR) is 133 cm³/mol. The number of fused-ring (bicyclic) bond motifs is 1. The summed E-state index contributed by atoms with van der Waals surface area (Å²) in [4.78, 5) is 19.2. The van der Waals surface area contributed by atoms with Crippen molar-refractivity contribution < 1.29 is 9.53 Å². The van der Waals surface area contributed by atoms with Crippen LogP contribution >= 0.6 is 11.3 Å². The first-order valence-corrected chi connectivity index (χ1v) is 12.8. The Hall–Kier alpha value is -1.88. The van der Waals surface area contributed by atoms with Crippen molar-refractivity contribution in [1.29, 1.82) is 0 Å². The van der Waals surface area contributed by atoms with Crippen LogP contribution in [0.3, 0.4) is 0 Å². The SMILES string of the molecule is CC(C)(C)OC(=O)N1CCC(c2nc(-c3ccc4c(c3)C(C)(C)CCC4(C)C)cs2)CC1. The fourth-order valence-electron chi connectivity index (χ4n) is 4.99. The Morgan fingerprint density at radius 1 is 1.06 bits per heavy atom. The number of carbonyl (C=O) groups excluding carboxylic acids is 1. The van der Waals surface area contributed by atoms with Gasteiger partial charge in [0.05, 0.1) is 10.7 Å². The van der Waals surface area contributed by atoms with Gasteiger partial charge >= 0.3 is 6.09 Å². The Morgan fingerprint density at radius 2 is 1.69 bits per heavy atom. The highest BCUT2D eigenvalue weighted by molar-refractivity contribution is 7.10. The molecule has 0 spiro atoms. The van der Waals surface area contributed by atoms with Gasteiger partial charge in [-0.15, -0.1) is 11.3 Å². The minimum atomic E-state index is -0.448. The lowest BCUT2D eigenvalue weighted by Gasteiger charge is -2.42. The minimum Gasteiger partial charge on any atom is -0.444 e. The lowest BCUT2D eigenvalue weighted by atomic mass is 9.63. The molecule has 2 aliphatic rings. The van der Waals surface area contributed by atoms with Crippen LogP contribution in [-0.4, -0.2) is 34.7 Å². The summed E-state index contributed by atoms with van der Waals surface area (Å²) in [6, 6.07) is 6.98. The van der Waals surface area contributed by atoms with Crippen LogP contribution in [-0.2, 0) is 15.6 Å². The van der Waals surface area contributed by atoms with Crippen LogP contribution in [0.15, 0.2) is 23.6 Å². The number of amides is 1. The highest BCUT2D eigenvalue weighted by atomic mass is 32.1. The third-order valence-electron chi connectivity index (χ3n) is 7.17. The average Bonchev–Trinajstić information content (AvgIpc) is 3.20.